The van der Waals surface area contributed by atoms with Crippen LogP contribution >= 0.6 is 0 Å². The van der Waals surface area contributed by atoms with Gasteiger partial charge in [0.1, 0.15) is 5.65 Å². The molecule has 1 aliphatic heterocycles. The van der Waals surface area contributed by atoms with E-state index >= 15 is 0 Å². The van der Waals surface area contributed by atoms with Crippen LogP contribution in [0, 0.1) is 5.92 Å². The first-order valence-electron chi connectivity index (χ1n) is 12.1. The number of benzene rings is 1. The summed E-state index contributed by atoms with van der Waals surface area (Å²) >= 11 is 0. The average Bonchev–Trinajstić information content (AvgIpc) is 3.35. The van der Waals surface area contributed by atoms with Crippen molar-refractivity contribution in [3.63, 3.8) is 0 Å². The summed E-state index contributed by atoms with van der Waals surface area (Å²) in [4.78, 5) is 16.1. The Morgan fingerprint density at radius 3 is 2.80 bits per heavy atom. The maximum atomic E-state index is 6.30. The topological polar surface area (TPSA) is 84.4 Å². The lowest BCUT2D eigenvalue weighted by molar-refractivity contribution is 0.402. The molecule has 0 unspecified atom stereocenters. The monoisotopic (exact) mass is 463 g/mol. The zero-order chi connectivity index (χ0) is 23.8. The molecule has 1 saturated heterocycles. The van der Waals surface area contributed by atoms with Crippen LogP contribution in [-0.4, -0.2) is 38.5 Å². The molecule has 7 nitrogen and oxygen atoms in total. The van der Waals surface area contributed by atoms with E-state index in [0.717, 1.165) is 64.3 Å². The van der Waals surface area contributed by atoms with Gasteiger partial charge in [-0.2, -0.15) is 0 Å². The van der Waals surface area contributed by atoms with Gasteiger partial charge in [-0.25, -0.2) is 4.98 Å². The number of hydrogen-bond acceptors (Lipinski definition) is 6. The molecule has 0 amide bonds. The summed E-state index contributed by atoms with van der Waals surface area (Å²) < 4.78 is 2.01. The Bertz CT molecular complexity index is 1480. The van der Waals surface area contributed by atoms with Crippen LogP contribution in [-0.2, 0) is 6.54 Å². The first-order chi connectivity index (χ1) is 17.1. The fourth-order valence-electron chi connectivity index (χ4n) is 5.11. The maximum Gasteiger partial charge on any atom is 0.137 e. The lowest BCUT2D eigenvalue weighted by Crippen LogP contribution is -2.46. The molecule has 1 fully saturated rings. The van der Waals surface area contributed by atoms with Gasteiger partial charge in [0.25, 0.3) is 0 Å². The number of hydrogen-bond donors (Lipinski definition) is 2. The lowest BCUT2D eigenvalue weighted by Gasteiger charge is -2.37. The molecule has 0 spiro atoms. The summed E-state index contributed by atoms with van der Waals surface area (Å²) in [6, 6.07) is 17.1. The highest BCUT2D eigenvalue weighted by Crippen LogP contribution is 2.30. The van der Waals surface area contributed by atoms with Crippen LogP contribution < -0.4 is 16.0 Å². The smallest absolute Gasteiger partial charge is 0.137 e. The van der Waals surface area contributed by atoms with Gasteiger partial charge in [0.15, 0.2) is 0 Å². The second-order valence-corrected chi connectivity index (χ2v) is 9.57. The molecule has 0 saturated carbocycles. The van der Waals surface area contributed by atoms with E-state index in [1.165, 1.54) is 0 Å². The Balaban J connectivity index is 1.24. The number of nitrogens with two attached hydrogens (primary N) is 1. The van der Waals surface area contributed by atoms with Crippen molar-refractivity contribution in [1.29, 1.82) is 0 Å². The van der Waals surface area contributed by atoms with Gasteiger partial charge < -0.3 is 20.4 Å². The van der Waals surface area contributed by atoms with Crippen molar-refractivity contribution in [3.8, 4) is 11.1 Å². The van der Waals surface area contributed by atoms with Crippen molar-refractivity contribution in [2.75, 3.05) is 23.3 Å². The van der Waals surface area contributed by atoms with Crippen LogP contribution in [0.2, 0.25) is 0 Å². The van der Waals surface area contributed by atoms with Crippen LogP contribution in [0.25, 0.3) is 27.7 Å². The Morgan fingerprint density at radius 1 is 1.00 bits per heavy atom. The molecule has 7 heteroatoms. The molecule has 5 heterocycles. The number of aromatic nitrogens is 4. The number of rotatable bonds is 5. The fourth-order valence-corrected chi connectivity index (χ4v) is 5.11. The maximum absolute atomic E-state index is 6.30. The van der Waals surface area contributed by atoms with Gasteiger partial charge in [-0.1, -0.05) is 25.1 Å². The van der Waals surface area contributed by atoms with Crippen molar-refractivity contribution < 1.29 is 0 Å². The van der Waals surface area contributed by atoms with Crippen LogP contribution in [0.5, 0.6) is 0 Å². The summed E-state index contributed by atoms with van der Waals surface area (Å²) in [5, 5.41) is 4.69. The van der Waals surface area contributed by atoms with E-state index in [9.17, 15) is 0 Å². The van der Waals surface area contributed by atoms with Crippen molar-refractivity contribution in [2.24, 2.45) is 11.7 Å². The predicted octanol–water partition coefficient (Wildman–Crippen LogP) is 4.73. The molecule has 5 aromatic rings. The van der Waals surface area contributed by atoms with E-state index in [0.29, 0.717) is 12.5 Å². The van der Waals surface area contributed by atoms with Crippen LogP contribution in [0.4, 0.5) is 11.4 Å². The van der Waals surface area contributed by atoms with Gasteiger partial charge in [0.05, 0.1) is 35.3 Å². The standard InChI is InChI=1S/C28H29N7/c1-19-12-23(29)18-35(17-19)27-6-8-30-16-26(27)32-15-24-5-4-20-2-3-21(13-25(20)33-24)22-7-10-34-11-9-31-28(34)14-22/h2-11,13-14,16,19,23,32H,12,15,17-18,29H2,1H3/t19-,23+/m1/s1. The van der Waals surface area contributed by atoms with E-state index in [4.69, 9.17) is 10.7 Å². The minimum atomic E-state index is 0.199. The zero-order valence-corrected chi connectivity index (χ0v) is 19.8. The minimum absolute atomic E-state index is 0.199. The molecule has 35 heavy (non-hydrogen) atoms. The van der Waals surface area contributed by atoms with Gasteiger partial charge in [0.2, 0.25) is 0 Å². The van der Waals surface area contributed by atoms with Crippen LogP contribution in [0.15, 0.2) is 79.5 Å². The quantitative estimate of drug-likeness (QED) is 0.392. The van der Waals surface area contributed by atoms with Crippen molar-refractivity contribution >= 4 is 27.9 Å². The molecule has 0 aliphatic carbocycles. The van der Waals surface area contributed by atoms with Crippen LogP contribution in [0.1, 0.15) is 19.0 Å². The first-order valence-corrected chi connectivity index (χ1v) is 12.1. The normalized spacial score (nSPS) is 18.3. The van der Waals surface area contributed by atoms with Crippen molar-refractivity contribution in [2.45, 2.75) is 25.9 Å². The highest BCUT2D eigenvalue weighted by molar-refractivity contribution is 5.85. The summed E-state index contributed by atoms with van der Waals surface area (Å²) in [6.45, 7) is 4.76. The van der Waals surface area contributed by atoms with Crippen molar-refractivity contribution in [1.82, 2.24) is 19.4 Å². The molecule has 176 valence electrons. The molecular weight excluding hydrogens is 434 g/mol. The lowest BCUT2D eigenvalue weighted by atomic mass is 9.96. The number of fused-ring (bicyclic) bond motifs is 2. The van der Waals surface area contributed by atoms with E-state index in [2.05, 4.69) is 75.6 Å². The molecular formula is C28H29N7. The molecule has 2 atom stereocenters. The molecule has 0 bridgehead atoms. The third-order valence-corrected chi connectivity index (χ3v) is 6.77. The molecule has 1 aromatic carbocycles. The van der Waals surface area contributed by atoms with Gasteiger partial charge in [-0.05, 0) is 53.8 Å². The molecule has 6 rings (SSSR count). The summed E-state index contributed by atoms with van der Waals surface area (Å²) in [5.41, 5.74) is 13.6. The number of nitrogens with one attached hydrogen (secondary N) is 1. The minimum Gasteiger partial charge on any atom is -0.376 e. The third kappa shape index (κ3) is 4.42. The number of nitrogens with zero attached hydrogens (tertiary/aromatic N) is 5. The van der Waals surface area contributed by atoms with Gasteiger partial charge in [0, 0.05) is 49.3 Å². The molecule has 4 aromatic heterocycles. The van der Waals surface area contributed by atoms with Crippen LogP contribution in [0.3, 0.4) is 0 Å². The Morgan fingerprint density at radius 2 is 1.89 bits per heavy atom. The average molecular weight is 464 g/mol. The Labute approximate surface area is 204 Å². The summed E-state index contributed by atoms with van der Waals surface area (Å²) in [5.74, 6) is 0.574. The highest BCUT2D eigenvalue weighted by Gasteiger charge is 2.24. The fraction of sp³-hybridized carbons (Fsp3) is 0.250. The number of anilines is 2. The van der Waals surface area contributed by atoms with Gasteiger partial charge in [-0.15, -0.1) is 0 Å². The second-order valence-electron chi connectivity index (χ2n) is 9.57. The number of piperidine rings is 1. The highest BCUT2D eigenvalue weighted by atomic mass is 15.2. The molecule has 1 aliphatic rings. The number of pyridine rings is 3. The zero-order valence-electron chi connectivity index (χ0n) is 19.8. The second kappa shape index (κ2) is 9.00. The summed E-state index contributed by atoms with van der Waals surface area (Å²) in [7, 11) is 0. The van der Waals surface area contributed by atoms with Gasteiger partial charge in [-0.3, -0.25) is 9.97 Å². The molecule has 3 N–H and O–H groups in total. The third-order valence-electron chi connectivity index (χ3n) is 6.77. The van der Waals surface area contributed by atoms with E-state index < -0.39 is 0 Å². The van der Waals surface area contributed by atoms with Crippen molar-refractivity contribution in [3.05, 3.63) is 85.2 Å². The summed E-state index contributed by atoms with van der Waals surface area (Å²) in [6.07, 6.45) is 10.6. The van der Waals surface area contributed by atoms with E-state index in [1.54, 1.807) is 0 Å². The van der Waals surface area contributed by atoms with E-state index in [-0.39, 0.29) is 6.04 Å². The Kier molecular flexibility index (Phi) is 5.54. The molecule has 0 radical (unpaired) electrons. The van der Waals surface area contributed by atoms with E-state index in [1.807, 2.05) is 35.4 Å². The first kappa shape index (κ1) is 21.6. The number of imidazole rings is 1. The Hall–Kier alpha value is -3.97. The largest absolute Gasteiger partial charge is 0.376 e. The predicted molar refractivity (Wildman–Crippen MR) is 141 cm³/mol. The SMILES string of the molecule is C[C@@H]1C[C@H](N)CN(c2ccncc2NCc2ccc3ccc(-c4ccn5ccnc5c4)cc3n2)C1. The van der Waals surface area contributed by atoms with Gasteiger partial charge >= 0.3 is 0 Å².